The Kier molecular flexibility index (Phi) is 9.10. The lowest BCUT2D eigenvalue weighted by Crippen LogP contribution is -2.68. The normalized spacial score (nSPS) is 23.2. The summed E-state index contributed by atoms with van der Waals surface area (Å²) in [6.07, 6.45) is 5.08. The standard InChI is InChI=1S/C40H42N4O8/c1-23(45)52-39(2,3)37(48)43-40-20-25-17-27(21-40)32(28(18-25)22-40)42-35(47)26-14-12-24(13-15-26)19-31-33(46)30-11-8-16-41-34(30)44(29-9-6-5-7-10-29)36(31)51-38(49)50-4/h5-16,25,27-28,32H,17-22H2,1-4H3,(H,42,47)(H,43,48)/t25-,27-,28+,32-,40+. The molecule has 4 bridgehead atoms. The summed E-state index contributed by atoms with van der Waals surface area (Å²) in [4.78, 5) is 69.3. The Hall–Kier alpha value is -5.52. The molecule has 4 aliphatic rings. The molecule has 2 N–H and O–H groups in total. The summed E-state index contributed by atoms with van der Waals surface area (Å²) in [5.74, 6) is -0.0848. The molecule has 8 rings (SSSR count). The van der Waals surface area contributed by atoms with Gasteiger partial charge in [0.1, 0.15) is 0 Å². The highest BCUT2D eigenvalue weighted by Crippen LogP contribution is 2.56. The van der Waals surface area contributed by atoms with Gasteiger partial charge in [-0.25, -0.2) is 9.78 Å². The van der Waals surface area contributed by atoms with Crippen molar-refractivity contribution in [1.82, 2.24) is 20.2 Å². The molecule has 2 aromatic heterocycles. The van der Waals surface area contributed by atoms with Crippen LogP contribution in [0.4, 0.5) is 4.79 Å². The quantitative estimate of drug-likeness (QED) is 0.222. The number of nitrogens with zero attached hydrogens (tertiary/aromatic N) is 2. The first kappa shape index (κ1) is 34.9. The topological polar surface area (TPSA) is 155 Å². The van der Waals surface area contributed by atoms with Gasteiger partial charge in [0.15, 0.2) is 16.7 Å². The maximum Gasteiger partial charge on any atom is 0.514 e. The molecule has 12 heteroatoms. The average Bonchev–Trinajstić information content (AvgIpc) is 3.11. The summed E-state index contributed by atoms with van der Waals surface area (Å²) < 4.78 is 17.4. The lowest BCUT2D eigenvalue weighted by molar-refractivity contribution is -0.165. The van der Waals surface area contributed by atoms with Gasteiger partial charge in [0.05, 0.1) is 23.7 Å². The van der Waals surface area contributed by atoms with Crippen molar-refractivity contribution in [3.8, 4) is 11.6 Å². The maximum absolute atomic E-state index is 13.9. The minimum atomic E-state index is -1.27. The predicted molar refractivity (Wildman–Crippen MR) is 191 cm³/mol. The van der Waals surface area contributed by atoms with Crippen molar-refractivity contribution < 1.29 is 33.4 Å². The largest absolute Gasteiger partial charge is 0.514 e. The molecular weight excluding hydrogens is 664 g/mol. The SMILES string of the molecule is COC(=O)Oc1c(Cc2ccc(C(=O)N[C@@H]3[C@@H]4C[C@@H]5C[C@H]3C[C@](NC(=O)C(C)(C)OC(C)=O)(C5)C4)cc2)c(=O)c2cccnc2n1-c1ccccc1. The first-order chi connectivity index (χ1) is 24.9. The monoisotopic (exact) mass is 706 g/mol. The first-order valence-corrected chi connectivity index (χ1v) is 17.6. The molecule has 0 spiro atoms. The molecule has 52 heavy (non-hydrogen) atoms. The second kappa shape index (κ2) is 13.6. The summed E-state index contributed by atoms with van der Waals surface area (Å²) in [7, 11) is 1.20. The maximum atomic E-state index is 13.9. The summed E-state index contributed by atoms with van der Waals surface area (Å²) in [6, 6.07) is 19.6. The second-order valence-electron chi connectivity index (χ2n) is 14.9. The third kappa shape index (κ3) is 6.65. The van der Waals surface area contributed by atoms with Gasteiger partial charge < -0.3 is 24.8 Å². The van der Waals surface area contributed by atoms with Crippen LogP contribution in [0.15, 0.2) is 77.7 Å². The van der Waals surface area contributed by atoms with Gasteiger partial charge in [0, 0.05) is 36.7 Å². The molecule has 5 atom stereocenters. The Bertz CT molecular complexity index is 2090. The number of amides is 2. The van der Waals surface area contributed by atoms with E-state index in [4.69, 9.17) is 14.2 Å². The highest BCUT2D eigenvalue weighted by atomic mass is 16.7. The molecule has 4 aliphatic carbocycles. The van der Waals surface area contributed by atoms with Crippen LogP contribution >= 0.6 is 0 Å². The predicted octanol–water partition coefficient (Wildman–Crippen LogP) is 5.26. The third-order valence-corrected chi connectivity index (χ3v) is 10.8. The van der Waals surface area contributed by atoms with E-state index in [1.165, 1.54) is 14.0 Å². The van der Waals surface area contributed by atoms with Crippen LogP contribution in [-0.4, -0.2) is 57.8 Å². The van der Waals surface area contributed by atoms with Gasteiger partial charge in [0.25, 0.3) is 11.8 Å². The van der Waals surface area contributed by atoms with Gasteiger partial charge in [-0.1, -0.05) is 30.3 Å². The third-order valence-electron chi connectivity index (χ3n) is 10.8. The fraction of sp³-hybridized carbons (Fsp3) is 0.400. The number of methoxy groups -OCH3 is 1. The molecule has 0 aliphatic heterocycles. The van der Waals surface area contributed by atoms with Gasteiger partial charge in [-0.2, -0.15) is 0 Å². The Morgan fingerprint density at radius 2 is 1.63 bits per heavy atom. The van der Waals surface area contributed by atoms with Crippen molar-refractivity contribution in [3.05, 3.63) is 99.8 Å². The number of fused-ring (bicyclic) bond motifs is 1. The van der Waals surface area contributed by atoms with Crippen LogP contribution in [-0.2, 0) is 25.5 Å². The van der Waals surface area contributed by atoms with Crippen molar-refractivity contribution in [2.45, 2.75) is 76.5 Å². The highest BCUT2D eigenvalue weighted by molar-refractivity contribution is 5.94. The molecule has 2 aromatic carbocycles. The first-order valence-electron chi connectivity index (χ1n) is 17.6. The van der Waals surface area contributed by atoms with Gasteiger partial charge in [-0.05, 0) is 106 Å². The highest BCUT2D eigenvalue weighted by Gasteiger charge is 2.57. The number of hydrogen-bond acceptors (Lipinski definition) is 9. The van der Waals surface area contributed by atoms with Crippen LogP contribution in [0.25, 0.3) is 16.7 Å². The van der Waals surface area contributed by atoms with E-state index in [2.05, 4.69) is 15.6 Å². The van der Waals surface area contributed by atoms with Gasteiger partial charge in [0.2, 0.25) is 5.88 Å². The molecule has 270 valence electrons. The number of carbonyl (C=O) groups is 4. The summed E-state index contributed by atoms with van der Waals surface area (Å²) in [5, 5.41) is 6.93. The Morgan fingerprint density at radius 3 is 2.29 bits per heavy atom. The van der Waals surface area contributed by atoms with E-state index in [0.717, 1.165) is 37.7 Å². The molecule has 2 amide bonds. The van der Waals surface area contributed by atoms with Crippen molar-refractivity contribution >= 4 is 35.0 Å². The fourth-order valence-corrected chi connectivity index (χ4v) is 8.87. The number of carbonyl (C=O) groups excluding carboxylic acids is 4. The zero-order chi connectivity index (χ0) is 36.8. The van der Waals surface area contributed by atoms with Crippen molar-refractivity contribution in [1.29, 1.82) is 0 Å². The van der Waals surface area contributed by atoms with E-state index in [-0.39, 0.29) is 58.5 Å². The Morgan fingerprint density at radius 1 is 0.942 bits per heavy atom. The molecular formula is C40H42N4O8. The van der Waals surface area contributed by atoms with E-state index in [1.54, 1.807) is 61.0 Å². The van der Waals surface area contributed by atoms with Crippen LogP contribution < -0.4 is 20.8 Å². The Labute approximate surface area is 300 Å². The summed E-state index contributed by atoms with van der Waals surface area (Å²) >= 11 is 0. The zero-order valence-electron chi connectivity index (χ0n) is 29.6. The Balaban J connectivity index is 1.10. The van der Waals surface area contributed by atoms with Crippen LogP contribution in [0.1, 0.15) is 74.4 Å². The number of nitrogens with one attached hydrogen (secondary N) is 2. The zero-order valence-corrected chi connectivity index (χ0v) is 29.6. The molecule has 0 radical (unpaired) electrons. The average molecular weight is 707 g/mol. The van der Waals surface area contributed by atoms with E-state index in [0.29, 0.717) is 28.2 Å². The number of rotatable bonds is 9. The number of benzene rings is 2. The van der Waals surface area contributed by atoms with Gasteiger partial charge >= 0.3 is 12.1 Å². The number of pyridine rings is 2. The van der Waals surface area contributed by atoms with E-state index in [1.807, 2.05) is 30.3 Å². The smallest absolute Gasteiger partial charge is 0.450 e. The number of para-hydroxylation sites is 1. The minimum Gasteiger partial charge on any atom is -0.450 e. The summed E-state index contributed by atoms with van der Waals surface area (Å²) in [6.45, 7) is 4.51. The summed E-state index contributed by atoms with van der Waals surface area (Å²) in [5.41, 5.74) is 0.449. The number of hydrogen-bond donors (Lipinski definition) is 2. The van der Waals surface area contributed by atoms with E-state index >= 15 is 0 Å². The number of esters is 1. The van der Waals surface area contributed by atoms with Crippen LogP contribution in [0.3, 0.4) is 0 Å². The van der Waals surface area contributed by atoms with Crippen molar-refractivity contribution in [2.24, 2.45) is 17.8 Å². The molecule has 4 saturated carbocycles. The fourth-order valence-electron chi connectivity index (χ4n) is 8.87. The van der Waals surface area contributed by atoms with Crippen molar-refractivity contribution in [3.63, 3.8) is 0 Å². The molecule has 2 heterocycles. The molecule has 4 aromatic rings. The molecule has 0 unspecified atom stereocenters. The van der Waals surface area contributed by atoms with Crippen LogP contribution in [0.2, 0.25) is 0 Å². The van der Waals surface area contributed by atoms with E-state index in [9.17, 15) is 24.0 Å². The number of ether oxygens (including phenoxy) is 3. The minimum absolute atomic E-state index is 0.00172. The van der Waals surface area contributed by atoms with Gasteiger partial charge in [-0.15, -0.1) is 0 Å². The van der Waals surface area contributed by atoms with Crippen LogP contribution in [0.5, 0.6) is 5.88 Å². The van der Waals surface area contributed by atoms with E-state index < -0.39 is 17.7 Å². The van der Waals surface area contributed by atoms with Crippen molar-refractivity contribution in [2.75, 3.05) is 7.11 Å². The van der Waals surface area contributed by atoms with Gasteiger partial charge in [-0.3, -0.25) is 23.7 Å². The molecule has 4 fully saturated rings. The lowest BCUT2D eigenvalue weighted by Gasteiger charge is -2.60. The molecule has 12 nitrogen and oxygen atoms in total. The second-order valence-corrected chi connectivity index (χ2v) is 14.9. The van der Waals surface area contributed by atoms with Crippen LogP contribution in [0, 0.1) is 17.8 Å². The molecule has 0 saturated heterocycles. The number of aromatic nitrogens is 2. The lowest BCUT2D eigenvalue weighted by atomic mass is 9.51.